The van der Waals surface area contributed by atoms with E-state index in [-0.39, 0.29) is 0 Å². The lowest BCUT2D eigenvalue weighted by Gasteiger charge is -2.31. The van der Waals surface area contributed by atoms with Crippen LogP contribution in [-0.2, 0) is 0 Å². The van der Waals surface area contributed by atoms with Crippen LogP contribution in [0, 0.1) is 0 Å². The Morgan fingerprint density at radius 2 is 1.93 bits per heavy atom. The molecular weight excluding hydrogens is 204 g/mol. The van der Waals surface area contributed by atoms with Gasteiger partial charge in [-0.2, -0.15) is 11.8 Å². The monoisotopic (exact) mass is 228 g/mol. The molecule has 1 unspecified atom stereocenters. The lowest BCUT2D eigenvalue weighted by Crippen LogP contribution is -2.41. The second-order valence-electron chi connectivity index (χ2n) is 5.15. The quantitative estimate of drug-likeness (QED) is 0.795. The van der Waals surface area contributed by atoms with Gasteiger partial charge in [-0.05, 0) is 30.8 Å². The Labute approximate surface area is 98.2 Å². The van der Waals surface area contributed by atoms with Crippen LogP contribution in [0.5, 0.6) is 0 Å². The van der Waals surface area contributed by atoms with Gasteiger partial charge in [0.25, 0.3) is 0 Å². The topological polar surface area (TPSA) is 15.3 Å². The maximum atomic E-state index is 3.66. The van der Waals surface area contributed by atoms with Crippen LogP contribution in [0.15, 0.2) is 0 Å². The van der Waals surface area contributed by atoms with Crippen LogP contribution < -0.4 is 5.32 Å². The summed E-state index contributed by atoms with van der Waals surface area (Å²) in [7, 11) is 0. The van der Waals surface area contributed by atoms with Crippen molar-refractivity contribution in [2.45, 2.75) is 51.2 Å². The Hall–Kier alpha value is 0.270. The molecule has 2 saturated heterocycles. The molecule has 88 valence electrons. The van der Waals surface area contributed by atoms with Crippen LogP contribution in [0.4, 0.5) is 0 Å². The Bertz CT molecular complexity index is 190. The van der Waals surface area contributed by atoms with Gasteiger partial charge in [-0.25, -0.2) is 0 Å². The number of hydrogen-bond acceptors (Lipinski definition) is 3. The largest absolute Gasteiger partial charge is 0.310 e. The van der Waals surface area contributed by atoms with Crippen molar-refractivity contribution in [1.82, 2.24) is 10.2 Å². The summed E-state index contributed by atoms with van der Waals surface area (Å²) in [6, 6.07) is 2.28. The van der Waals surface area contributed by atoms with E-state index in [0.717, 1.165) is 12.1 Å². The molecule has 0 aromatic heterocycles. The third-order valence-electron chi connectivity index (χ3n) is 3.50. The first-order valence-electron chi connectivity index (χ1n) is 6.33. The highest BCUT2D eigenvalue weighted by Crippen LogP contribution is 2.24. The van der Waals surface area contributed by atoms with Crippen molar-refractivity contribution in [3.05, 3.63) is 0 Å². The average Bonchev–Trinajstić information content (AvgIpc) is 2.67. The van der Waals surface area contributed by atoms with E-state index in [1.807, 2.05) is 0 Å². The minimum absolute atomic E-state index is 0.636. The molecule has 2 aliphatic rings. The highest BCUT2D eigenvalue weighted by molar-refractivity contribution is 7.99. The molecule has 3 heteroatoms. The van der Waals surface area contributed by atoms with Gasteiger partial charge < -0.3 is 5.32 Å². The van der Waals surface area contributed by atoms with Crippen LogP contribution in [0.2, 0.25) is 0 Å². The van der Waals surface area contributed by atoms with E-state index in [9.17, 15) is 0 Å². The molecule has 2 rings (SSSR count). The SMILES string of the molecule is CC(C)NC1CCN(C2CCSCC2)C1. The molecule has 1 atom stereocenters. The van der Waals surface area contributed by atoms with Gasteiger partial charge in [0.1, 0.15) is 0 Å². The predicted molar refractivity (Wildman–Crippen MR) is 68.6 cm³/mol. The van der Waals surface area contributed by atoms with Crippen molar-refractivity contribution < 1.29 is 0 Å². The van der Waals surface area contributed by atoms with Gasteiger partial charge in [0, 0.05) is 31.2 Å². The molecule has 2 heterocycles. The molecule has 15 heavy (non-hydrogen) atoms. The van der Waals surface area contributed by atoms with Gasteiger partial charge in [0.15, 0.2) is 0 Å². The lowest BCUT2D eigenvalue weighted by atomic mass is 10.1. The maximum absolute atomic E-state index is 3.66. The number of thioether (sulfide) groups is 1. The molecule has 0 amide bonds. The predicted octanol–water partition coefficient (Wildman–Crippen LogP) is 1.95. The third kappa shape index (κ3) is 3.36. The number of nitrogens with zero attached hydrogens (tertiary/aromatic N) is 1. The van der Waals surface area contributed by atoms with Crippen molar-refractivity contribution >= 4 is 11.8 Å². The van der Waals surface area contributed by atoms with E-state index in [0.29, 0.717) is 6.04 Å². The molecule has 2 aliphatic heterocycles. The minimum atomic E-state index is 0.636. The van der Waals surface area contributed by atoms with Crippen molar-refractivity contribution in [3.63, 3.8) is 0 Å². The molecule has 0 saturated carbocycles. The van der Waals surface area contributed by atoms with Crippen molar-refractivity contribution in [2.75, 3.05) is 24.6 Å². The zero-order valence-electron chi connectivity index (χ0n) is 10.0. The minimum Gasteiger partial charge on any atom is -0.310 e. The normalized spacial score (nSPS) is 30.2. The van der Waals surface area contributed by atoms with Crippen LogP contribution in [-0.4, -0.2) is 47.6 Å². The second kappa shape index (κ2) is 5.55. The van der Waals surface area contributed by atoms with Crippen molar-refractivity contribution in [2.24, 2.45) is 0 Å². The van der Waals surface area contributed by atoms with E-state index >= 15 is 0 Å². The van der Waals surface area contributed by atoms with Crippen molar-refractivity contribution in [3.8, 4) is 0 Å². The summed E-state index contributed by atoms with van der Waals surface area (Å²) in [6.07, 6.45) is 4.18. The lowest BCUT2D eigenvalue weighted by molar-refractivity contribution is 0.223. The summed E-state index contributed by atoms with van der Waals surface area (Å²) in [4.78, 5) is 2.72. The number of rotatable bonds is 3. The van der Waals surface area contributed by atoms with Crippen LogP contribution in [0.3, 0.4) is 0 Å². The second-order valence-corrected chi connectivity index (χ2v) is 6.37. The number of hydrogen-bond donors (Lipinski definition) is 1. The van der Waals surface area contributed by atoms with Gasteiger partial charge in [-0.3, -0.25) is 4.90 Å². The average molecular weight is 228 g/mol. The van der Waals surface area contributed by atoms with Gasteiger partial charge in [0.2, 0.25) is 0 Å². The maximum Gasteiger partial charge on any atom is 0.0209 e. The third-order valence-corrected chi connectivity index (χ3v) is 4.54. The van der Waals surface area contributed by atoms with E-state index in [1.54, 1.807) is 0 Å². The van der Waals surface area contributed by atoms with Crippen LogP contribution in [0.1, 0.15) is 33.1 Å². The summed E-state index contributed by atoms with van der Waals surface area (Å²) < 4.78 is 0. The summed E-state index contributed by atoms with van der Waals surface area (Å²) >= 11 is 2.13. The highest BCUT2D eigenvalue weighted by atomic mass is 32.2. The first kappa shape index (κ1) is 11.7. The summed E-state index contributed by atoms with van der Waals surface area (Å²) in [6.45, 7) is 7.10. The Kier molecular flexibility index (Phi) is 4.35. The van der Waals surface area contributed by atoms with E-state index in [1.165, 1.54) is 43.9 Å². The summed E-state index contributed by atoms with van der Waals surface area (Å²) in [5, 5.41) is 3.66. The number of nitrogens with one attached hydrogen (secondary N) is 1. The van der Waals surface area contributed by atoms with Gasteiger partial charge in [-0.1, -0.05) is 13.8 Å². The van der Waals surface area contributed by atoms with Crippen LogP contribution in [0.25, 0.3) is 0 Å². The Morgan fingerprint density at radius 1 is 1.20 bits per heavy atom. The Balaban J connectivity index is 1.76. The molecule has 0 aromatic rings. The first-order valence-corrected chi connectivity index (χ1v) is 7.49. The Morgan fingerprint density at radius 3 is 2.60 bits per heavy atom. The molecule has 2 nitrogen and oxygen atoms in total. The fourth-order valence-corrected chi connectivity index (χ4v) is 3.86. The van der Waals surface area contributed by atoms with E-state index in [4.69, 9.17) is 0 Å². The van der Waals surface area contributed by atoms with Gasteiger partial charge in [0.05, 0.1) is 0 Å². The van der Waals surface area contributed by atoms with Crippen molar-refractivity contribution in [1.29, 1.82) is 0 Å². The number of likely N-dealkylation sites (tertiary alicyclic amines) is 1. The molecule has 1 N–H and O–H groups in total. The molecule has 0 bridgehead atoms. The highest BCUT2D eigenvalue weighted by Gasteiger charge is 2.28. The fraction of sp³-hybridized carbons (Fsp3) is 1.00. The zero-order chi connectivity index (χ0) is 10.7. The fourth-order valence-electron chi connectivity index (χ4n) is 2.78. The molecular formula is C12H24N2S. The molecule has 0 spiro atoms. The van der Waals surface area contributed by atoms with E-state index < -0.39 is 0 Å². The standard InChI is InChI=1S/C12H24N2S/c1-10(2)13-11-3-6-14(9-11)12-4-7-15-8-5-12/h10-13H,3-9H2,1-2H3. The molecule has 2 fully saturated rings. The smallest absolute Gasteiger partial charge is 0.0209 e. The summed E-state index contributed by atoms with van der Waals surface area (Å²) in [5.41, 5.74) is 0. The zero-order valence-corrected chi connectivity index (χ0v) is 10.9. The first-order chi connectivity index (χ1) is 7.25. The van der Waals surface area contributed by atoms with Crippen LogP contribution >= 0.6 is 11.8 Å². The molecule has 0 aliphatic carbocycles. The molecule has 0 radical (unpaired) electrons. The van der Waals surface area contributed by atoms with Gasteiger partial charge in [-0.15, -0.1) is 0 Å². The van der Waals surface area contributed by atoms with Gasteiger partial charge >= 0.3 is 0 Å². The summed E-state index contributed by atoms with van der Waals surface area (Å²) in [5.74, 6) is 2.76. The van der Waals surface area contributed by atoms with E-state index in [2.05, 4.69) is 35.8 Å². The molecule has 0 aromatic carbocycles.